The molecule has 0 saturated heterocycles. The van der Waals surface area contributed by atoms with Gasteiger partial charge in [0.05, 0.1) is 4.48 Å². The highest BCUT2D eigenvalue weighted by Gasteiger charge is 2.28. The van der Waals surface area contributed by atoms with Crippen LogP contribution in [0.4, 0.5) is 0 Å². The molecule has 88 valence electrons. The Balaban J connectivity index is 2.22. The molecule has 4 nitrogen and oxygen atoms in total. The molecule has 0 radical (unpaired) electrons. The fourth-order valence-corrected chi connectivity index (χ4v) is 1.92. The lowest BCUT2D eigenvalue weighted by Gasteiger charge is -2.13. The number of hydrogen-bond acceptors (Lipinski definition) is 3. The number of carbonyl (C=O) groups excluding carboxylic acids is 3. The normalized spacial score (nSPS) is 15.6. The van der Waals surface area contributed by atoms with Crippen molar-refractivity contribution in [2.24, 2.45) is 0 Å². The lowest BCUT2D eigenvalue weighted by molar-refractivity contribution is -0.137. The fourth-order valence-electron chi connectivity index (χ4n) is 1.51. The van der Waals surface area contributed by atoms with Gasteiger partial charge in [0, 0.05) is 19.0 Å². The van der Waals surface area contributed by atoms with E-state index in [0.717, 1.165) is 19.3 Å². The van der Waals surface area contributed by atoms with E-state index in [9.17, 15) is 14.4 Å². The predicted octanol–water partition coefficient (Wildman–Crippen LogP) is 1.78. The van der Waals surface area contributed by atoms with Crippen LogP contribution in [0.25, 0.3) is 0 Å². The Morgan fingerprint density at radius 2 is 2.00 bits per heavy atom. The van der Waals surface area contributed by atoms with Crippen LogP contribution in [-0.2, 0) is 14.4 Å². The number of Topliss-reactive ketones (excluding diaryl/α,β-unsaturated/α-hetero) is 1. The summed E-state index contributed by atoms with van der Waals surface area (Å²) in [6.07, 6.45) is 4.29. The third kappa shape index (κ3) is 3.56. The average Bonchev–Trinajstić information content (AvgIpc) is 2.43. The average molecular weight is 288 g/mol. The van der Waals surface area contributed by atoms with Crippen LogP contribution in [0.5, 0.6) is 0 Å². The molecule has 0 fully saturated rings. The maximum Gasteiger partial charge on any atom is 0.267 e. The predicted molar refractivity (Wildman–Crippen MR) is 62.9 cm³/mol. The molecule has 1 heterocycles. The molecule has 1 aliphatic rings. The van der Waals surface area contributed by atoms with E-state index in [1.54, 1.807) is 6.92 Å². The van der Waals surface area contributed by atoms with E-state index < -0.39 is 0 Å². The minimum absolute atomic E-state index is 0.178. The Bertz CT molecular complexity index is 349. The van der Waals surface area contributed by atoms with Gasteiger partial charge in [-0.3, -0.25) is 14.5 Å². The molecule has 1 aliphatic heterocycles. The second-order valence-electron chi connectivity index (χ2n) is 3.80. The highest BCUT2D eigenvalue weighted by molar-refractivity contribution is 9.12. The summed E-state index contributed by atoms with van der Waals surface area (Å²) < 4.78 is 0.321. The maximum atomic E-state index is 11.4. The molecule has 5 heteroatoms. The number of imide groups is 1. The van der Waals surface area contributed by atoms with Gasteiger partial charge < -0.3 is 4.79 Å². The van der Waals surface area contributed by atoms with Gasteiger partial charge >= 0.3 is 0 Å². The van der Waals surface area contributed by atoms with Gasteiger partial charge in [0.15, 0.2) is 0 Å². The third-order valence-corrected chi connectivity index (χ3v) is 2.94. The number of unbranched alkanes of at least 4 members (excludes halogenated alkanes) is 2. The Morgan fingerprint density at radius 1 is 1.31 bits per heavy atom. The Morgan fingerprint density at radius 3 is 2.50 bits per heavy atom. The van der Waals surface area contributed by atoms with E-state index in [0.29, 0.717) is 17.4 Å². The zero-order valence-corrected chi connectivity index (χ0v) is 10.7. The van der Waals surface area contributed by atoms with Gasteiger partial charge in [-0.05, 0) is 35.7 Å². The monoisotopic (exact) mass is 287 g/mol. The zero-order valence-electron chi connectivity index (χ0n) is 9.16. The summed E-state index contributed by atoms with van der Waals surface area (Å²) in [7, 11) is 0. The smallest absolute Gasteiger partial charge is 0.267 e. The number of hydrogen-bond donors (Lipinski definition) is 0. The van der Waals surface area contributed by atoms with Crippen molar-refractivity contribution in [3.05, 3.63) is 10.6 Å². The van der Waals surface area contributed by atoms with E-state index in [2.05, 4.69) is 15.9 Å². The van der Waals surface area contributed by atoms with Crippen molar-refractivity contribution >= 4 is 33.5 Å². The second-order valence-corrected chi connectivity index (χ2v) is 4.65. The van der Waals surface area contributed by atoms with E-state index in [1.165, 1.54) is 11.0 Å². The van der Waals surface area contributed by atoms with Crippen LogP contribution in [0, 0.1) is 0 Å². The Hall–Kier alpha value is -0.970. The molecule has 0 aromatic rings. The van der Waals surface area contributed by atoms with Crippen molar-refractivity contribution in [3.8, 4) is 0 Å². The molecule has 0 spiro atoms. The summed E-state index contributed by atoms with van der Waals surface area (Å²) in [5.74, 6) is -0.349. The van der Waals surface area contributed by atoms with E-state index in [4.69, 9.17) is 0 Å². The molecule has 0 bridgehead atoms. The van der Waals surface area contributed by atoms with E-state index >= 15 is 0 Å². The summed E-state index contributed by atoms with van der Waals surface area (Å²) in [6, 6.07) is 0. The molecule has 0 saturated carbocycles. The van der Waals surface area contributed by atoms with E-state index in [1.807, 2.05) is 0 Å². The van der Waals surface area contributed by atoms with Gasteiger partial charge in [0.1, 0.15) is 5.78 Å². The van der Waals surface area contributed by atoms with Crippen LogP contribution in [0.3, 0.4) is 0 Å². The topological polar surface area (TPSA) is 54.5 Å². The molecular weight excluding hydrogens is 274 g/mol. The number of rotatable bonds is 6. The Kier molecular flexibility index (Phi) is 4.86. The quantitative estimate of drug-likeness (QED) is 0.553. The van der Waals surface area contributed by atoms with Crippen LogP contribution in [0.15, 0.2) is 10.6 Å². The molecule has 16 heavy (non-hydrogen) atoms. The lowest BCUT2D eigenvalue weighted by atomic mass is 10.1. The lowest BCUT2D eigenvalue weighted by Crippen LogP contribution is -2.31. The molecule has 0 aliphatic carbocycles. The van der Waals surface area contributed by atoms with Crippen LogP contribution in [0.2, 0.25) is 0 Å². The number of amides is 2. The number of ketones is 1. The van der Waals surface area contributed by atoms with Gasteiger partial charge in [0.25, 0.3) is 11.8 Å². The Labute approximate surface area is 103 Å². The first-order valence-electron chi connectivity index (χ1n) is 5.25. The molecule has 0 aromatic carbocycles. The first-order valence-corrected chi connectivity index (χ1v) is 6.04. The standard InChI is InChI=1S/C11H14BrNO3/c1-8(14)5-3-2-4-6-13-10(15)7-9(12)11(13)16/h7H,2-6H2,1H3. The van der Waals surface area contributed by atoms with Gasteiger partial charge in [-0.1, -0.05) is 6.42 Å². The van der Waals surface area contributed by atoms with Gasteiger partial charge in [0.2, 0.25) is 0 Å². The number of nitrogens with zero attached hydrogens (tertiary/aromatic N) is 1. The minimum Gasteiger partial charge on any atom is -0.300 e. The largest absolute Gasteiger partial charge is 0.300 e. The highest BCUT2D eigenvalue weighted by Crippen LogP contribution is 2.18. The van der Waals surface area contributed by atoms with Crippen molar-refractivity contribution in [1.82, 2.24) is 4.90 Å². The molecule has 0 atom stereocenters. The van der Waals surface area contributed by atoms with Gasteiger partial charge in [-0.25, -0.2) is 0 Å². The van der Waals surface area contributed by atoms with Crippen LogP contribution in [-0.4, -0.2) is 29.0 Å². The summed E-state index contributed by atoms with van der Waals surface area (Å²) >= 11 is 3.03. The summed E-state index contributed by atoms with van der Waals surface area (Å²) in [5, 5.41) is 0. The molecule has 0 aromatic heterocycles. The van der Waals surface area contributed by atoms with Crippen molar-refractivity contribution in [2.45, 2.75) is 32.6 Å². The highest BCUT2D eigenvalue weighted by atomic mass is 79.9. The zero-order chi connectivity index (χ0) is 12.1. The maximum absolute atomic E-state index is 11.4. The van der Waals surface area contributed by atoms with Crippen molar-refractivity contribution < 1.29 is 14.4 Å². The second kappa shape index (κ2) is 5.94. The van der Waals surface area contributed by atoms with Crippen LogP contribution < -0.4 is 0 Å². The van der Waals surface area contributed by atoms with Crippen LogP contribution >= 0.6 is 15.9 Å². The van der Waals surface area contributed by atoms with Crippen LogP contribution in [0.1, 0.15) is 32.6 Å². The van der Waals surface area contributed by atoms with Crippen molar-refractivity contribution in [3.63, 3.8) is 0 Å². The minimum atomic E-state index is -0.267. The summed E-state index contributed by atoms with van der Waals surface area (Å²) in [4.78, 5) is 34.6. The van der Waals surface area contributed by atoms with Gasteiger partial charge in [-0.15, -0.1) is 0 Å². The molecule has 0 N–H and O–H groups in total. The van der Waals surface area contributed by atoms with Gasteiger partial charge in [-0.2, -0.15) is 0 Å². The summed E-state index contributed by atoms with van der Waals surface area (Å²) in [5.41, 5.74) is 0. The third-order valence-electron chi connectivity index (χ3n) is 2.38. The number of halogens is 1. The molecule has 1 rings (SSSR count). The molecule has 0 unspecified atom stereocenters. The van der Waals surface area contributed by atoms with E-state index in [-0.39, 0.29) is 17.6 Å². The number of carbonyl (C=O) groups is 3. The molecular formula is C11H14BrNO3. The van der Waals surface area contributed by atoms with Crippen molar-refractivity contribution in [1.29, 1.82) is 0 Å². The summed E-state index contributed by atoms with van der Waals surface area (Å²) in [6.45, 7) is 2.00. The molecule has 2 amide bonds. The first kappa shape index (κ1) is 13.1. The van der Waals surface area contributed by atoms with Crippen molar-refractivity contribution in [2.75, 3.05) is 6.54 Å². The first-order chi connectivity index (χ1) is 7.52. The fraction of sp³-hybridized carbons (Fsp3) is 0.545. The SMILES string of the molecule is CC(=O)CCCCCN1C(=O)C=C(Br)C1=O.